The summed E-state index contributed by atoms with van der Waals surface area (Å²) in [6.45, 7) is 11.7. The zero-order chi connectivity index (χ0) is 19.4. The zero-order valence-electron chi connectivity index (χ0n) is 16.1. The molecule has 1 aromatic heterocycles. The molecule has 0 radical (unpaired) electrons. The molecule has 1 saturated carbocycles. The average Bonchev–Trinajstić information content (AvgIpc) is 3.24. The lowest BCUT2D eigenvalue weighted by molar-refractivity contribution is 0.510. The smallest absolute Gasteiger partial charge is 0.262 e. The summed E-state index contributed by atoms with van der Waals surface area (Å²) in [6.07, 6.45) is 1.86. The standard InChI is InChI=1S/C19H26ClN3O2S/c1-11-9-13(12(2)22-26(25)18(3,4)5)15-14(10-11)16(24)23(17(20)21-15)19(6)7-8-19/h9-10,12,22H,7-8H2,1-6H3/t12-,26?/m1/s1. The van der Waals surface area contributed by atoms with Crippen molar-refractivity contribution in [1.82, 2.24) is 14.3 Å². The molecule has 7 heteroatoms. The van der Waals surface area contributed by atoms with Crippen LogP contribution in [-0.2, 0) is 16.9 Å². The van der Waals surface area contributed by atoms with Gasteiger partial charge in [-0.1, -0.05) is 6.07 Å². The normalized spacial score (nSPS) is 18.8. The van der Waals surface area contributed by atoms with E-state index < -0.39 is 11.4 Å². The Bertz CT molecular complexity index is 916. The van der Waals surface area contributed by atoms with Crippen LogP contribution >= 0.6 is 11.6 Å². The molecule has 1 aliphatic carbocycles. The van der Waals surface area contributed by atoms with E-state index in [0.717, 1.165) is 24.0 Å². The van der Waals surface area contributed by atoms with Gasteiger partial charge >= 0.3 is 0 Å². The van der Waals surface area contributed by atoms with Gasteiger partial charge in [0.05, 0.1) is 16.9 Å². The molecule has 1 aliphatic rings. The summed E-state index contributed by atoms with van der Waals surface area (Å²) in [5, 5.41) is 0.782. The fraction of sp³-hybridized carbons (Fsp3) is 0.579. The molecule has 1 heterocycles. The Hall–Kier alpha value is -1.08. The van der Waals surface area contributed by atoms with Crippen molar-refractivity contribution in [3.8, 4) is 0 Å². The Morgan fingerprint density at radius 3 is 2.54 bits per heavy atom. The van der Waals surface area contributed by atoms with Crippen LogP contribution in [0.5, 0.6) is 0 Å². The molecule has 1 aromatic carbocycles. The highest BCUT2D eigenvalue weighted by atomic mass is 35.5. The van der Waals surface area contributed by atoms with Crippen LogP contribution in [-0.4, -0.2) is 18.9 Å². The molecular weight excluding hydrogens is 370 g/mol. The molecule has 2 aromatic rings. The molecule has 0 spiro atoms. The van der Waals surface area contributed by atoms with Gasteiger partial charge in [-0.25, -0.2) is 4.98 Å². The highest BCUT2D eigenvalue weighted by molar-refractivity contribution is 7.90. The van der Waals surface area contributed by atoms with Crippen molar-refractivity contribution in [3.63, 3.8) is 0 Å². The van der Waals surface area contributed by atoms with Gasteiger partial charge in [0, 0.05) is 22.5 Å². The number of nitrogens with one attached hydrogen (secondary N) is 1. The van der Waals surface area contributed by atoms with E-state index in [1.165, 1.54) is 0 Å². The highest BCUT2D eigenvalue weighted by Crippen LogP contribution is 2.43. The van der Waals surface area contributed by atoms with Gasteiger partial charge in [0.1, 0.15) is 4.75 Å². The molecule has 1 N–H and O–H groups in total. The summed E-state index contributed by atoms with van der Waals surface area (Å²) in [6, 6.07) is 3.61. The van der Waals surface area contributed by atoms with Crippen molar-refractivity contribution in [2.24, 2.45) is 0 Å². The van der Waals surface area contributed by atoms with E-state index in [1.54, 1.807) is 4.57 Å². The van der Waals surface area contributed by atoms with Crippen LogP contribution in [0.3, 0.4) is 0 Å². The van der Waals surface area contributed by atoms with E-state index in [4.69, 9.17) is 11.6 Å². The van der Waals surface area contributed by atoms with Gasteiger partial charge in [-0.15, -0.1) is 4.72 Å². The third-order valence-electron chi connectivity index (χ3n) is 4.93. The molecule has 1 fully saturated rings. The summed E-state index contributed by atoms with van der Waals surface area (Å²) < 4.78 is 16.9. The number of fused-ring (bicyclic) bond motifs is 1. The molecule has 0 bridgehead atoms. The molecule has 0 saturated heterocycles. The Morgan fingerprint density at radius 1 is 1.38 bits per heavy atom. The minimum Gasteiger partial charge on any atom is -0.598 e. The number of halogens is 1. The second-order valence-electron chi connectivity index (χ2n) is 8.49. The van der Waals surface area contributed by atoms with Gasteiger partial charge in [-0.05, 0) is 77.6 Å². The third kappa shape index (κ3) is 3.52. The number of benzene rings is 1. The zero-order valence-corrected chi connectivity index (χ0v) is 17.7. The first-order chi connectivity index (χ1) is 11.9. The van der Waals surface area contributed by atoms with Crippen molar-refractivity contribution >= 4 is 33.9 Å². The molecule has 2 atom stereocenters. The first kappa shape index (κ1) is 19.7. The van der Waals surface area contributed by atoms with Crippen LogP contribution in [0.25, 0.3) is 10.9 Å². The molecule has 1 unspecified atom stereocenters. The van der Waals surface area contributed by atoms with Gasteiger partial charge in [0.2, 0.25) is 5.28 Å². The van der Waals surface area contributed by atoms with Gasteiger partial charge in [-0.2, -0.15) is 0 Å². The minimum absolute atomic E-state index is 0.103. The van der Waals surface area contributed by atoms with Crippen LogP contribution < -0.4 is 10.3 Å². The lowest BCUT2D eigenvalue weighted by Crippen LogP contribution is -2.40. The predicted octanol–water partition coefficient (Wildman–Crippen LogP) is 3.98. The van der Waals surface area contributed by atoms with Crippen molar-refractivity contribution in [2.75, 3.05) is 0 Å². The molecule has 5 nitrogen and oxygen atoms in total. The Labute approximate surface area is 162 Å². The number of aromatic nitrogens is 2. The number of aryl methyl sites for hydroxylation is 1. The van der Waals surface area contributed by atoms with Crippen molar-refractivity contribution in [1.29, 1.82) is 0 Å². The largest absolute Gasteiger partial charge is 0.598 e. The summed E-state index contributed by atoms with van der Waals surface area (Å²) in [4.78, 5) is 17.7. The summed E-state index contributed by atoms with van der Waals surface area (Å²) >= 11 is 5.17. The second-order valence-corrected chi connectivity index (χ2v) is 10.8. The van der Waals surface area contributed by atoms with E-state index in [2.05, 4.69) is 9.71 Å². The number of nitrogens with zero attached hydrogens (tertiary/aromatic N) is 2. The van der Waals surface area contributed by atoms with Crippen LogP contribution in [0.1, 0.15) is 64.6 Å². The molecule has 0 amide bonds. The van der Waals surface area contributed by atoms with E-state index in [-0.39, 0.29) is 27.2 Å². The van der Waals surface area contributed by atoms with Crippen molar-refractivity contribution in [2.45, 2.75) is 70.7 Å². The highest BCUT2D eigenvalue weighted by Gasteiger charge is 2.42. The minimum atomic E-state index is -1.23. The van der Waals surface area contributed by atoms with E-state index in [1.807, 2.05) is 53.7 Å². The molecular formula is C19H26ClN3O2S. The third-order valence-corrected chi connectivity index (χ3v) is 6.86. The average molecular weight is 396 g/mol. The maximum Gasteiger partial charge on any atom is 0.262 e. The van der Waals surface area contributed by atoms with Gasteiger partial charge in [-0.3, -0.25) is 9.36 Å². The van der Waals surface area contributed by atoms with E-state index >= 15 is 0 Å². The summed E-state index contributed by atoms with van der Waals surface area (Å²) in [5.74, 6) is 0. The van der Waals surface area contributed by atoms with E-state index in [9.17, 15) is 9.35 Å². The summed E-state index contributed by atoms with van der Waals surface area (Å²) in [5.41, 5.74) is 2.06. The maximum atomic E-state index is 13.1. The Morgan fingerprint density at radius 2 is 2.00 bits per heavy atom. The summed E-state index contributed by atoms with van der Waals surface area (Å²) in [7, 11) is 0. The number of rotatable bonds is 4. The Kier molecular flexibility index (Phi) is 4.93. The first-order valence-corrected chi connectivity index (χ1v) is 10.4. The van der Waals surface area contributed by atoms with Crippen molar-refractivity contribution in [3.05, 3.63) is 38.9 Å². The number of hydrogen-bond donors (Lipinski definition) is 1. The molecule has 0 aliphatic heterocycles. The Balaban J connectivity index is 2.14. The van der Waals surface area contributed by atoms with Gasteiger partial charge < -0.3 is 4.55 Å². The topological polar surface area (TPSA) is 70.0 Å². The van der Waals surface area contributed by atoms with Crippen LogP contribution in [0.2, 0.25) is 5.28 Å². The maximum absolute atomic E-state index is 13.1. The lowest BCUT2D eigenvalue weighted by Gasteiger charge is -2.27. The quantitative estimate of drug-likeness (QED) is 0.627. The van der Waals surface area contributed by atoms with Crippen LogP contribution in [0, 0.1) is 6.92 Å². The van der Waals surface area contributed by atoms with Crippen LogP contribution in [0.4, 0.5) is 0 Å². The molecule has 3 rings (SSSR count). The molecule has 142 valence electrons. The molecule has 26 heavy (non-hydrogen) atoms. The van der Waals surface area contributed by atoms with Crippen LogP contribution in [0.15, 0.2) is 16.9 Å². The monoisotopic (exact) mass is 395 g/mol. The van der Waals surface area contributed by atoms with Crippen molar-refractivity contribution < 1.29 is 4.55 Å². The van der Waals surface area contributed by atoms with Gasteiger partial charge in [0.25, 0.3) is 5.56 Å². The predicted molar refractivity (Wildman–Crippen MR) is 108 cm³/mol. The first-order valence-electron chi connectivity index (χ1n) is 8.85. The number of hydrogen-bond acceptors (Lipinski definition) is 4. The van der Waals surface area contributed by atoms with E-state index in [0.29, 0.717) is 10.9 Å². The second kappa shape index (κ2) is 6.51. The SMILES string of the molecule is Cc1cc([C@@H](C)N[S+]([O-])C(C)(C)C)c2nc(Cl)n(C3(C)CC3)c(=O)c2c1. The fourth-order valence-corrected chi connectivity index (χ4v) is 4.21. The lowest BCUT2D eigenvalue weighted by atomic mass is 10.0. The van der Waals surface area contributed by atoms with Gasteiger partial charge in [0.15, 0.2) is 0 Å². The fourth-order valence-electron chi connectivity index (χ4n) is 3.04.